The highest BCUT2D eigenvalue weighted by molar-refractivity contribution is 5.61. The van der Waals surface area contributed by atoms with E-state index in [-0.39, 0.29) is 0 Å². The van der Waals surface area contributed by atoms with Crippen LogP contribution in [-0.2, 0) is 7.05 Å². The first-order valence-corrected chi connectivity index (χ1v) is 5.66. The maximum atomic E-state index is 5.42. The Morgan fingerprint density at radius 1 is 1.29 bits per heavy atom. The fourth-order valence-electron chi connectivity index (χ4n) is 1.83. The molecule has 0 amide bonds. The van der Waals surface area contributed by atoms with Gasteiger partial charge in [0.25, 0.3) is 0 Å². The summed E-state index contributed by atoms with van der Waals surface area (Å²) in [6.45, 7) is 4.31. The Balaban J connectivity index is 2.44. The highest BCUT2D eigenvalue weighted by Crippen LogP contribution is 2.30. The van der Waals surface area contributed by atoms with E-state index in [2.05, 4.69) is 36.3 Å². The van der Waals surface area contributed by atoms with Crippen LogP contribution in [0, 0.1) is 0 Å². The van der Waals surface area contributed by atoms with Crippen molar-refractivity contribution in [3.8, 4) is 17.0 Å². The number of benzene rings is 1. The third kappa shape index (κ3) is 2.30. The van der Waals surface area contributed by atoms with Crippen LogP contribution in [0.15, 0.2) is 24.4 Å². The lowest BCUT2D eigenvalue weighted by atomic mass is 9.99. The first-order chi connectivity index (χ1) is 8.11. The standard InChI is InChI=1S/C13H17N3O/c1-9(2)11-6-5-10(7-13(11)17-4)12-8-16(3)15-14-12/h5-9H,1-4H3. The molecule has 0 N–H and O–H groups in total. The van der Waals surface area contributed by atoms with Crippen LogP contribution in [0.4, 0.5) is 0 Å². The SMILES string of the molecule is COc1cc(-c2cn(C)nn2)ccc1C(C)C. The molecule has 0 aliphatic heterocycles. The summed E-state index contributed by atoms with van der Waals surface area (Å²) in [4.78, 5) is 0. The summed E-state index contributed by atoms with van der Waals surface area (Å²) < 4.78 is 7.11. The molecule has 4 nitrogen and oxygen atoms in total. The second kappa shape index (κ2) is 4.57. The molecular formula is C13H17N3O. The van der Waals surface area contributed by atoms with E-state index in [1.165, 1.54) is 5.56 Å². The summed E-state index contributed by atoms with van der Waals surface area (Å²) in [5.74, 6) is 1.35. The molecule has 0 aliphatic carbocycles. The zero-order valence-electron chi connectivity index (χ0n) is 10.6. The minimum absolute atomic E-state index is 0.445. The Morgan fingerprint density at radius 2 is 2.06 bits per heavy atom. The summed E-state index contributed by atoms with van der Waals surface area (Å²) in [7, 11) is 3.55. The Morgan fingerprint density at radius 3 is 2.59 bits per heavy atom. The lowest BCUT2D eigenvalue weighted by Gasteiger charge is -2.12. The van der Waals surface area contributed by atoms with Crippen molar-refractivity contribution in [3.05, 3.63) is 30.0 Å². The first-order valence-electron chi connectivity index (χ1n) is 5.66. The molecule has 0 saturated heterocycles. The Bertz CT molecular complexity index is 517. The molecule has 0 radical (unpaired) electrons. The topological polar surface area (TPSA) is 39.9 Å². The minimum Gasteiger partial charge on any atom is -0.496 e. The molecule has 0 atom stereocenters. The summed E-state index contributed by atoms with van der Waals surface area (Å²) in [5.41, 5.74) is 3.10. The predicted molar refractivity (Wildman–Crippen MR) is 67.1 cm³/mol. The van der Waals surface area contributed by atoms with Crippen molar-refractivity contribution < 1.29 is 4.74 Å². The summed E-state index contributed by atoms with van der Waals surface area (Å²) >= 11 is 0. The highest BCUT2D eigenvalue weighted by Gasteiger charge is 2.10. The largest absolute Gasteiger partial charge is 0.496 e. The lowest BCUT2D eigenvalue weighted by Crippen LogP contribution is -1.94. The van der Waals surface area contributed by atoms with E-state index in [9.17, 15) is 0 Å². The minimum atomic E-state index is 0.445. The van der Waals surface area contributed by atoms with Crippen LogP contribution in [0.2, 0.25) is 0 Å². The van der Waals surface area contributed by atoms with E-state index in [4.69, 9.17) is 4.74 Å². The summed E-state index contributed by atoms with van der Waals surface area (Å²) in [6.07, 6.45) is 1.89. The van der Waals surface area contributed by atoms with Crippen LogP contribution in [0.5, 0.6) is 5.75 Å². The van der Waals surface area contributed by atoms with Crippen LogP contribution in [0.25, 0.3) is 11.3 Å². The molecule has 0 saturated carbocycles. The zero-order valence-corrected chi connectivity index (χ0v) is 10.6. The number of aryl methyl sites for hydroxylation is 1. The molecule has 1 heterocycles. The number of methoxy groups -OCH3 is 1. The van der Waals surface area contributed by atoms with Crippen LogP contribution in [-0.4, -0.2) is 22.1 Å². The van der Waals surface area contributed by atoms with Gasteiger partial charge >= 0.3 is 0 Å². The molecule has 2 rings (SSSR count). The van der Waals surface area contributed by atoms with Gasteiger partial charge in [-0.1, -0.05) is 31.2 Å². The molecule has 0 bridgehead atoms. The second-order valence-corrected chi connectivity index (χ2v) is 4.39. The van der Waals surface area contributed by atoms with Gasteiger partial charge in [0, 0.05) is 12.6 Å². The molecular weight excluding hydrogens is 214 g/mol. The Kier molecular flexibility index (Phi) is 3.13. The number of hydrogen-bond acceptors (Lipinski definition) is 3. The quantitative estimate of drug-likeness (QED) is 0.815. The van der Waals surface area contributed by atoms with Crippen molar-refractivity contribution in [2.24, 2.45) is 7.05 Å². The van der Waals surface area contributed by atoms with Gasteiger partial charge in [0.2, 0.25) is 0 Å². The van der Waals surface area contributed by atoms with Crippen molar-refractivity contribution in [3.63, 3.8) is 0 Å². The number of aromatic nitrogens is 3. The van der Waals surface area contributed by atoms with Gasteiger partial charge in [-0.15, -0.1) is 5.10 Å². The molecule has 17 heavy (non-hydrogen) atoms. The number of rotatable bonds is 3. The van der Waals surface area contributed by atoms with Crippen molar-refractivity contribution in [2.75, 3.05) is 7.11 Å². The van der Waals surface area contributed by atoms with Crippen LogP contribution >= 0.6 is 0 Å². The average Bonchev–Trinajstić information content (AvgIpc) is 2.75. The van der Waals surface area contributed by atoms with E-state index in [1.54, 1.807) is 11.8 Å². The van der Waals surface area contributed by atoms with Gasteiger partial charge < -0.3 is 4.74 Å². The second-order valence-electron chi connectivity index (χ2n) is 4.39. The molecule has 1 aromatic heterocycles. The summed E-state index contributed by atoms with van der Waals surface area (Å²) in [6, 6.07) is 6.16. The van der Waals surface area contributed by atoms with Gasteiger partial charge in [-0.2, -0.15) is 0 Å². The monoisotopic (exact) mass is 231 g/mol. The van der Waals surface area contributed by atoms with E-state index in [1.807, 2.05) is 19.3 Å². The van der Waals surface area contributed by atoms with Gasteiger partial charge in [0.05, 0.1) is 13.3 Å². The highest BCUT2D eigenvalue weighted by atomic mass is 16.5. The molecule has 4 heteroatoms. The molecule has 0 fully saturated rings. The molecule has 2 aromatic rings. The normalized spacial score (nSPS) is 10.9. The van der Waals surface area contributed by atoms with E-state index >= 15 is 0 Å². The van der Waals surface area contributed by atoms with Gasteiger partial charge in [-0.25, -0.2) is 0 Å². The third-order valence-corrected chi connectivity index (χ3v) is 2.75. The van der Waals surface area contributed by atoms with E-state index in [0.717, 1.165) is 17.0 Å². The molecule has 0 spiro atoms. The van der Waals surface area contributed by atoms with Crippen LogP contribution in [0.3, 0.4) is 0 Å². The van der Waals surface area contributed by atoms with Gasteiger partial charge in [-0.05, 0) is 17.5 Å². The van der Waals surface area contributed by atoms with E-state index < -0.39 is 0 Å². The Labute approximate surface area is 101 Å². The van der Waals surface area contributed by atoms with Gasteiger partial charge in [0.1, 0.15) is 11.4 Å². The molecule has 1 aromatic carbocycles. The fourth-order valence-corrected chi connectivity index (χ4v) is 1.83. The third-order valence-electron chi connectivity index (χ3n) is 2.75. The first kappa shape index (κ1) is 11.6. The van der Waals surface area contributed by atoms with Crippen molar-refractivity contribution >= 4 is 0 Å². The van der Waals surface area contributed by atoms with Gasteiger partial charge in [-0.3, -0.25) is 4.68 Å². The average molecular weight is 231 g/mol. The Hall–Kier alpha value is -1.84. The molecule has 0 aliphatic rings. The van der Waals surface area contributed by atoms with Crippen molar-refractivity contribution in [1.82, 2.24) is 15.0 Å². The fraction of sp³-hybridized carbons (Fsp3) is 0.385. The lowest BCUT2D eigenvalue weighted by molar-refractivity contribution is 0.408. The predicted octanol–water partition coefficient (Wildman–Crippen LogP) is 2.61. The molecule has 0 unspecified atom stereocenters. The van der Waals surface area contributed by atoms with E-state index in [0.29, 0.717) is 5.92 Å². The van der Waals surface area contributed by atoms with Crippen LogP contribution < -0.4 is 4.74 Å². The zero-order chi connectivity index (χ0) is 12.4. The molecule has 90 valence electrons. The van der Waals surface area contributed by atoms with Crippen molar-refractivity contribution in [2.45, 2.75) is 19.8 Å². The number of nitrogens with zero attached hydrogens (tertiary/aromatic N) is 3. The smallest absolute Gasteiger partial charge is 0.122 e. The van der Waals surface area contributed by atoms with Gasteiger partial charge in [0.15, 0.2) is 0 Å². The van der Waals surface area contributed by atoms with Crippen LogP contribution in [0.1, 0.15) is 25.3 Å². The maximum absolute atomic E-state index is 5.42. The summed E-state index contributed by atoms with van der Waals surface area (Å²) in [5, 5.41) is 8.03. The van der Waals surface area contributed by atoms with Crippen molar-refractivity contribution in [1.29, 1.82) is 0 Å². The number of hydrogen-bond donors (Lipinski definition) is 0. The maximum Gasteiger partial charge on any atom is 0.122 e. The number of ether oxygens (including phenoxy) is 1.